The first-order valence-corrected chi connectivity index (χ1v) is 14.2. The molecule has 0 spiro atoms. The summed E-state index contributed by atoms with van der Waals surface area (Å²) >= 11 is 0. The Bertz CT molecular complexity index is 785. The zero-order chi connectivity index (χ0) is 20.1. The van der Waals surface area contributed by atoms with Gasteiger partial charge in [0.2, 0.25) is 8.32 Å². The lowest BCUT2D eigenvalue weighted by atomic mass is 9.55. The van der Waals surface area contributed by atoms with Crippen LogP contribution in [0.4, 0.5) is 0 Å². The molecule has 0 unspecified atom stereocenters. The van der Waals surface area contributed by atoms with Crippen molar-refractivity contribution in [1.82, 2.24) is 0 Å². The van der Waals surface area contributed by atoms with E-state index >= 15 is 0 Å². The normalized spacial score (nSPS) is 33.1. The second-order valence-corrected chi connectivity index (χ2v) is 14.5. The summed E-state index contributed by atoms with van der Waals surface area (Å²) in [6.07, 6.45) is 7.20. The van der Waals surface area contributed by atoms with Gasteiger partial charge in [-0.2, -0.15) is 0 Å². The predicted octanol–water partition coefficient (Wildman–Crippen LogP) is 5.77. The summed E-state index contributed by atoms with van der Waals surface area (Å²) in [5, 5.41) is 4.42. The Morgan fingerprint density at radius 1 is 1.04 bits per heavy atom. The number of ether oxygens (including phenoxy) is 1. The molecule has 0 aromatic heterocycles. The molecular weight excluding hydrogens is 366 g/mol. The lowest BCUT2D eigenvalue weighted by Crippen LogP contribution is -2.42. The van der Waals surface area contributed by atoms with Crippen molar-refractivity contribution in [3.8, 4) is 11.5 Å². The fourth-order valence-corrected chi connectivity index (χ4v) is 7.02. The third kappa shape index (κ3) is 3.25. The van der Waals surface area contributed by atoms with Crippen molar-refractivity contribution >= 4 is 14.0 Å². The maximum absolute atomic E-state index is 6.34. The largest absolute Gasteiger partial charge is 0.542 e. The Morgan fingerprint density at radius 2 is 1.82 bits per heavy atom. The monoisotopic (exact) mass is 401 g/mol. The first-order chi connectivity index (χ1) is 13.3. The molecule has 154 valence electrons. The van der Waals surface area contributed by atoms with E-state index in [2.05, 4.69) is 43.9 Å². The van der Waals surface area contributed by atoms with E-state index in [1.807, 2.05) is 0 Å². The molecule has 0 N–H and O–H groups in total. The predicted molar refractivity (Wildman–Crippen MR) is 116 cm³/mol. The first kappa shape index (κ1) is 19.8. The highest BCUT2D eigenvalue weighted by Gasteiger charge is 2.53. The van der Waals surface area contributed by atoms with Crippen LogP contribution in [0.3, 0.4) is 0 Å². The summed E-state index contributed by atoms with van der Waals surface area (Å²) in [7, 11) is 1.77. The number of oxime groups is 1. The smallest absolute Gasteiger partial charge is 0.242 e. The van der Waals surface area contributed by atoms with Crippen molar-refractivity contribution in [1.29, 1.82) is 0 Å². The zero-order valence-corrected chi connectivity index (χ0v) is 19.3. The molecule has 28 heavy (non-hydrogen) atoms. The van der Waals surface area contributed by atoms with Crippen LogP contribution < -0.4 is 9.16 Å². The number of hydrogen-bond acceptors (Lipinski definition) is 4. The lowest BCUT2D eigenvalue weighted by molar-refractivity contribution is 0.0923. The highest BCUT2D eigenvalue weighted by Crippen LogP contribution is 2.60. The maximum Gasteiger partial charge on any atom is 0.242 e. The van der Waals surface area contributed by atoms with Crippen LogP contribution in [-0.2, 0) is 11.3 Å². The zero-order valence-electron chi connectivity index (χ0n) is 18.3. The third-order valence-corrected chi connectivity index (χ3v) is 8.20. The second kappa shape index (κ2) is 7.08. The van der Waals surface area contributed by atoms with Crippen LogP contribution >= 0.6 is 0 Å². The molecule has 3 aliphatic rings. The van der Waals surface area contributed by atoms with E-state index in [0.717, 1.165) is 36.2 Å². The van der Waals surface area contributed by atoms with Crippen LogP contribution in [0.5, 0.6) is 11.5 Å². The van der Waals surface area contributed by atoms with Gasteiger partial charge in [0.05, 0.1) is 12.8 Å². The molecule has 2 saturated carbocycles. The molecule has 4 rings (SSSR count). The second-order valence-electron chi connectivity index (χ2n) is 10.0. The van der Waals surface area contributed by atoms with E-state index in [9.17, 15) is 0 Å². The molecule has 0 bridgehead atoms. The number of hydrogen-bond donors (Lipinski definition) is 0. The summed E-state index contributed by atoms with van der Waals surface area (Å²) in [6.45, 7) is 9.11. The molecular formula is C23H35NO3Si. The van der Waals surface area contributed by atoms with Gasteiger partial charge in [0.1, 0.15) is 12.9 Å². The van der Waals surface area contributed by atoms with E-state index < -0.39 is 8.32 Å². The van der Waals surface area contributed by atoms with Gasteiger partial charge >= 0.3 is 0 Å². The van der Waals surface area contributed by atoms with Gasteiger partial charge in [-0.05, 0) is 99.2 Å². The maximum atomic E-state index is 6.34. The minimum absolute atomic E-state index is 0.222. The van der Waals surface area contributed by atoms with Gasteiger partial charge in [-0.3, -0.25) is 0 Å². The summed E-state index contributed by atoms with van der Waals surface area (Å²) < 4.78 is 12.1. The number of rotatable bonds is 4. The topological polar surface area (TPSA) is 40.0 Å². The van der Waals surface area contributed by atoms with Gasteiger partial charge in [-0.25, -0.2) is 0 Å². The summed E-state index contributed by atoms with van der Waals surface area (Å²) in [6, 6.07) is 4.58. The van der Waals surface area contributed by atoms with Crippen LogP contribution in [0, 0.1) is 17.3 Å². The Balaban J connectivity index is 1.67. The van der Waals surface area contributed by atoms with E-state index in [0.29, 0.717) is 5.92 Å². The van der Waals surface area contributed by atoms with Crippen molar-refractivity contribution in [3.63, 3.8) is 0 Å². The first-order valence-electron chi connectivity index (χ1n) is 10.8. The summed E-state index contributed by atoms with van der Waals surface area (Å²) in [5.41, 5.74) is 4.50. The van der Waals surface area contributed by atoms with Crippen LogP contribution in [0.15, 0.2) is 17.3 Å². The van der Waals surface area contributed by atoms with E-state index in [-0.39, 0.29) is 5.41 Å². The van der Waals surface area contributed by atoms with Crippen molar-refractivity contribution < 1.29 is 14.0 Å². The van der Waals surface area contributed by atoms with Gasteiger partial charge in [0.15, 0.2) is 5.75 Å². The molecule has 0 heterocycles. The average molecular weight is 402 g/mol. The third-order valence-electron chi connectivity index (χ3n) is 7.37. The van der Waals surface area contributed by atoms with Gasteiger partial charge in [-0.1, -0.05) is 12.1 Å². The lowest BCUT2D eigenvalue weighted by Gasteiger charge is -2.49. The fraction of sp³-hybridized carbons (Fsp3) is 0.696. The quantitative estimate of drug-likeness (QED) is 0.475. The molecule has 5 heteroatoms. The highest BCUT2D eigenvalue weighted by atomic mass is 28.4. The van der Waals surface area contributed by atoms with E-state index in [1.165, 1.54) is 42.5 Å². The number of aryl methyl sites for hydroxylation is 1. The van der Waals surface area contributed by atoms with E-state index in [1.54, 1.807) is 14.2 Å². The van der Waals surface area contributed by atoms with Crippen LogP contribution in [0.2, 0.25) is 19.6 Å². The van der Waals surface area contributed by atoms with Crippen molar-refractivity contribution in [2.45, 2.75) is 71.0 Å². The Morgan fingerprint density at radius 3 is 2.50 bits per heavy atom. The van der Waals surface area contributed by atoms with Gasteiger partial charge in [-0.15, -0.1) is 0 Å². The number of nitrogens with zero attached hydrogens (tertiary/aromatic N) is 1. The highest BCUT2D eigenvalue weighted by molar-refractivity contribution is 6.70. The SMILES string of the molecule is CO/N=C1\CC[C@H]2[C@@H]3CCc4cc(O[Si](C)(C)C)c(OC)cc4[C@H]3CC[C@]12C. The van der Waals surface area contributed by atoms with Gasteiger partial charge in [0.25, 0.3) is 0 Å². The van der Waals surface area contributed by atoms with E-state index in [4.69, 9.17) is 14.0 Å². The summed E-state index contributed by atoms with van der Waals surface area (Å²) in [5.74, 6) is 3.94. The van der Waals surface area contributed by atoms with Crippen LogP contribution in [0.1, 0.15) is 56.1 Å². The Hall–Kier alpha value is -1.49. The molecule has 2 fully saturated rings. The molecule has 4 atom stereocenters. The molecule has 1 aromatic rings. The molecule has 0 saturated heterocycles. The van der Waals surface area contributed by atoms with Crippen LogP contribution in [0.25, 0.3) is 0 Å². The molecule has 3 aliphatic carbocycles. The molecule has 0 aliphatic heterocycles. The van der Waals surface area contributed by atoms with Gasteiger partial charge in [0, 0.05) is 5.41 Å². The minimum atomic E-state index is -1.67. The Kier molecular flexibility index (Phi) is 5.01. The van der Waals surface area contributed by atoms with Crippen LogP contribution in [-0.4, -0.2) is 28.2 Å². The fourth-order valence-electron chi connectivity index (χ4n) is 6.20. The molecule has 4 nitrogen and oxygen atoms in total. The minimum Gasteiger partial charge on any atom is -0.542 e. The van der Waals surface area contributed by atoms with Crippen molar-refractivity contribution in [2.75, 3.05) is 14.2 Å². The molecule has 0 radical (unpaired) electrons. The van der Waals surface area contributed by atoms with Crippen molar-refractivity contribution in [2.24, 2.45) is 22.4 Å². The molecule has 0 amide bonds. The molecule has 1 aromatic carbocycles. The number of benzene rings is 1. The van der Waals surface area contributed by atoms with Gasteiger partial charge < -0.3 is 14.0 Å². The Labute approximate surface area is 170 Å². The number of fused-ring (bicyclic) bond motifs is 5. The summed E-state index contributed by atoms with van der Waals surface area (Å²) in [4.78, 5) is 5.18. The standard InChI is InChI=1S/C23H35NO3Si/c1-23-12-11-16-17(19(23)9-10-22(23)24-26-3)8-7-15-13-21(27-28(4,5)6)20(25-2)14-18(15)16/h13-14,16-17,19H,7-12H2,1-6H3/b24-22+/t16-,17+,19-,23-/m0/s1. The van der Waals surface area contributed by atoms with Crippen molar-refractivity contribution in [3.05, 3.63) is 23.3 Å². The average Bonchev–Trinajstić information content (AvgIpc) is 2.96. The number of methoxy groups -OCH3 is 1.